The number of benzene rings is 1. The zero-order valence-corrected chi connectivity index (χ0v) is 10.3. The summed E-state index contributed by atoms with van der Waals surface area (Å²) in [7, 11) is 0. The topological polar surface area (TPSA) is 38.1 Å². The SMILES string of the molecule is CC(C)[C@@H](O)[C@H]1c2ccc(F)cc2-c2cncn21. The molecule has 0 radical (unpaired) electrons. The number of aliphatic hydroxyl groups is 1. The van der Waals surface area contributed by atoms with Crippen LogP contribution in [0.25, 0.3) is 11.3 Å². The van der Waals surface area contributed by atoms with Crippen LogP contribution in [0.4, 0.5) is 4.39 Å². The summed E-state index contributed by atoms with van der Waals surface area (Å²) in [5.74, 6) is -0.137. The quantitative estimate of drug-likeness (QED) is 0.884. The highest BCUT2D eigenvalue weighted by Gasteiger charge is 2.34. The summed E-state index contributed by atoms with van der Waals surface area (Å²) in [6.45, 7) is 3.95. The molecular weight excluding hydrogens is 231 g/mol. The van der Waals surface area contributed by atoms with Crippen molar-refractivity contribution in [3.8, 4) is 11.3 Å². The van der Waals surface area contributed by atoms with Crippen LogP contribution in [-0.4, -0.2) is 20.8 Å². The molecule has 2 aromatic rings. The summed E-state index contributed by atoms with van der Waals surface area (Å²) in [5, 5.41) is 10.4. The average Bonchev–Trinajstić information content (AvgIpc) is 2.88. The van der Waals surface area contributed by atoms with Crippen LogP contribution in [0.15, 0.2) is 30.7 Å². The number of nitrogens with zero attached hydrogens (tertiary/aromatic N) is 2. The van der Waals surface area contributed by atoms with E-state index in [1.54, 1.807) is 18.6 Å². The first-order chi connectivity index (χ1) is 8.59. The van der Waals surface area contributed by atoms with Crippen molar-refractivity contribution in [2.24, 2.45) is 5.92 Å². The molecule has 2 heterocycles. The molecule has 0 amide bonds. The van der Waals surface area contributed by atoms with Crippen LogP contribution in [0.1, 0.15) is 25.5 Å². The molecule has 0 saturated carbocycles. The van der Waals surface area contributed by atoms with Gasteiger partial charge in [0.15, 0.2) is 0 Å². The lowest BCUT2D eigenvalue weighted by atomic mass is 9.93. The Morgan fingerprint density at radius 3 is 2.89 bits per heavy atom. The van der Waals surface area contributed by atoms with E-state index in [1.807, 2.05) is 18.4 Å². The Balaban J connectivity index is 2.19. The number of fused-ring (bicyclic) bond motifs is 3. The third-order valence-electron chi connectivity index (χ3n) is 3.58. The lowest BCUT2D eigenvalue weighted by molar-refractivity contribution is 0.0879. The lowest BCUT2D eigenvalue weighted by Crippen LogP contribution is -2.27. The fourth-order valence-electron chi connectivity index (χ4n) is 2.61. The molecule has 0 unspecified atom stereocenters. The number of aliphatic hydroxyl groups excluding tert-OH is 1. The molecule has 4 heteroatoms. The van der Waals surface area contributed by atoms with E-state index in [-0.39, 0.29) is 17.8 Å². The number of rotatable bonds is 2. The highest BCUT2D eigenvalue weighted by atomic mass is 19.1. The summed E-state index contributed by atoms with van der Waals surface area (Å²) in [5.41, 5.74) is 2.67. The molecule has 3 nitrogen and oxygen atoms in total. The number of aromatic nitrogens is 2. The first kappa shape index (κ1) is 11.4. The van der Waals surface area contributed by atoms with Crippen LogP contribution in [0.5, 0.6) is 0 Å². The van der Waals surface area contributed by atoms with Crippen molar-refractivity contribution in [1.82, 2.24) is 9.55 Å². The van der Waals surface area contributed by atoms with Gasteiger partial charge in [0, 0.05) is 5.56 Å². The second kappa shape index (κ2) is 3.92. The van der Waals surface area contributed by atoms with E-state index in [0.29, 0.717) is 0 Å². The maximum absolute atomic E-state index is 13.4. The van der Waals surface area contributed by atoms with Crippen molar-refractivity contribution in [2.75, 3.05) is 0 Å². The molecule has 1 aliphatic heterocycles. The molecular formula is C14H15FN2O. The third kappa shape index (κ3) is 1.49. The maximum atomic E-state index is 13.4. The number of hydrogen-bond donors (Lipinski definition) is 1. The van der Waals surface area contributed by atoms with Gasteiger partial charge in [0.25, 0.3) is 0 Å². The Kier molecular flexibility index (Phi) is 2.48. The molecule has 0 fully saturated rings. The monoisotopic (exact) mass is 246 g/mol. The lowest BCUT2D eigenvalue weighted by Gasteiger charge is -2.24. The number of imidazole rings is 1. The number of halogens is 1. The Hall–Kier alpha value is -1.68. The Labute approximate surface area is 105 Å². The molecule has 1 aliphatic rings. The molecule has 0 spiro atoms. The normalized spacial score (nSPS) is 18.8. The standard InChI is InChI=1S/C14H15FN2O/c1-8(2)14(18)13-10-4-3-9(15)5-11(10)12-6-16-7-17(12)13/h3-8,13-14,18H,1-2H3/t13-,14-/m1/s1. The minimum Gasteiger partial charge on any atom is -0.390 e. The molecule has 0 saturated heterocycles. The van der Waals surface area contributed by atoms with E-state index in [9.17, 15) is 9.50 Å². The molecule has 0 aliphatic carbocycles. The minimum atomic E-state index is -0.510. The highest BCUT2D eigenvalue weighted by Crippen LogP contribution is 2.42. The van der Waals surface area contributed by atoms with Crippen molar-refractivity contribution in [1.29, 1.82) is 0 Å². The molecule has 94 valence electrons. The molecule has 0 bridgehead atoms. The predicted octanol–water partition coefficient (Wildman–Crippen LogP) is 2.61. The fourth-order valence-corrected chi connectivity index (χ4v) is 2.61. The second-order valence-electron chi connectivity index (χ2n) is 5.10. The number of hydrogen-bond acceptors (Lipinski definition) is 2. The first-order valence-corrected chi connectivity index (χ1v) is 6.09. The zero-order valence-electron chi connectivity index (χ0n) is 10.3. The maximum Gasteiger partial charge on any atom is 0.123 e. The van der Waals surface area contributed by atoms with Crippen LogP contribution >= 0.6 is 0 Å². The third-order valence-corrected chi connectivity index (χ3v) is 3.58. The van der Waals surface area contributed by atoms with Crippen molar-refractivity contribution < 1.29 is 9.50 Å². The van der Waals surface area contributed by atoms with E-state index in [1.165, 1.54) is 12.1 Å². The van der Waals surface area contributed by atoms with E-state index < -0.39 is 6.10 Å². The van der Waals surface area contributed by atoms with Gasteiger partial charge >= 0.3 is 0 Å². The van der Waals surface area contributed by atoms with Crippen LogP contribution in [-0.2, 0) is 0 Å². The van der Waals surface area contributed by atoms with Gasteiger partial charge in [-0.3, -0.25) is 0 Å². The van der Waals surface area contributed by atoms with Gasteiger partial charge < -0.3 is 9.67 Å². The predicted molar refractivity (Wildman–Crippen MR) is 66.6 cm³/mol. The second-order valence-corrected chi connectivity index (χ2v) is 5.10. The smallest absolute Gasteiger partial charge is 0.123 e. The summed E-state index contributed by atoms with van der Waals surface area (Å²) >= 11 is 0. The van der Waals surface area contributed by atoms with E-state index >= 15 is 0 Å². The molecule has 2 atom stereocenters. The largest absolute Gasteiger partial charge is 0.390 e. The van der Waals surface area contributed by atoms with Crippen LogP contribution in [0, 0.1) is 11.7 Å². The summed E-state index contributed by atoms with van der Waals surface area (Å²) in [4.78, 5) is 4.09. The zero-order chi connectivity index (χ0) is 12.9. The van der Waals surface area contributed by atoms with Crippen molar-refractivity contribution >= 4 is 0 Å². The Bertz CT molecular complexity index is 591. The Morgan fingerprint density at radius 2 is 2.17 bits per heavy atom. The van der Waals surface area contributed by atoms with Gasteiger partial charge in [-0.05, 0) is 23.6 Å². The first-order valence-electron chi connectivity index (χ1n) is 6.09. The molecule has 1 aromatic carbocycles. The van der Waals surface area contributed by atoms with Crippen LogP contribution in [0.2, 0.25) is 0 Å². The van der Waals surface area contributed by atoms with Crippen molar-refractivity contribution in [2.45, 2.75) is 26.0 Å². The summed E-state index contributed by atoms with van der Waals surface area (Å²) in [6, 6.07) is 4.54. The van der Waals surface area contributed by atoms with Gasteiger partial charge in [-0.2, -0.15) is 0 Å². The van der Waals surface area contributed by atoms with Gasteiger partial charge in [-0.25, -0.2) is 9.37 Å². The molecule has 1 aromatic heterocycles. The van der Waals surface area contributed by atoms with E-state index in [2.05, 4.69) is 4.98 Å². The molecule has 3 rings (SSSR count). The van der Waals surface area contributed by atoms with Gasteiger partial charge in [-0.1, -0.05) is 19.9 Å². The van der Waals surface area contributed by atoms with Gasteiger partial charge in [0.05, 0.1) is 30.4 Å². The summed E-state index contributed by atoms with van der Waals surface area (Å²) in [6.07, 6.45) is 2.90. The summed E-state index contributed by atoms with van der Waals surface area (Å²) < 4.78 is 15.3. The minimum absolute atomic E-state index is 0.126. The van der Waals surface area contributed by atoms with Crippen LogP contribution in [0.3, 0.4) is 0 Å². The van der Waals surface area contributed by atoms with Crippen molar-refractivity contribution in [3.63, 3.8) is 0 Å². The van der Waals surface area contributed by atoms with Gasteiger partial charge in [-0.15, -0.1) is 0 Å². The van der Waals surface area contributed by atoms with Gasteiger partial charge in [0.1, 0.15) is 5.82 Å². The van der Waals surface area contributed by atoms with Gasteiger partial charge in [0.2, 0.25) is 0 Å². The highest BCUT2D eigenvalue weighted by molar-refractivity contribution is 5.69. The van der Waals surface area contributed by atoms with Crippen LogP contribution < -0.4 is 0 Å². The van der Waals surface area contributed by atoms with E-state index in [4.69, 9.17) is 0 Å². The molecule has 1 N–H and O–H groups in total. The fraction of sp³-hybridized carbons (Fsp3) is 0.357. The Morgan fingerprint density at radius 1 is 1.39 bits per heavy atom. The molecule has 18 heavy (non-hydrogen) atoms. The van der Waals surface area contributed by atoms with E-state index in [0.717, 1.165) is 16.8 Å². The van der Waals surface area contributed by atoms with Crippen molar-refractivity contribution in [3.05, 3.63) is 42.1 Å². The average molecular weight is 246 g/mol.